The van der Waals surface area contributed by atoms with Crippen LogP contribution in [0.25, 0.3) is 0 Å². The molecule has 4 rings (SSSR count). The normalized spacial score (nSPS) is 13.8. The van der Waals surface area contributed by atoms with E-state index in [1.165, 1.54) is 30.4 Å². The molecule has 2 aromatic carbocycles. The van der Waals surface area contributed by atoms with Crippen molar-refractivity contribution in [3.8, 4) is 11.5 Å². The van der Waals surface area contributed by atoms with Gasteiger partial charge >= 0.3 is 0 Å². The van der Waals surface area contributed by atoms with E-state index in [-0.39, 0.29) is 0 Å². The molecule has 0 unspecified atom stereocenters. The van der Waals surface area contributed by atoms with Crippen molar-refractivity contribution in [3.05, 3.63) is 106 Å². The maximum absolute atomic E-state index is 11.2. The van der Waals surface area contributed by atoms with E-state index in [1.807, 2.05) is 42.5 Å². The highest BCUT2D eigenvalue weighted by molar-refractivity contribution is 5.40. The van der Waals surface area contributed by atoms with Gasteiger partial charge in [-0.05, 0) is 86.9 Å². The molecular formula is C35H49N7O4. The average Bonchev–Trinajstić information content (AvgIpc) is 3.07. The molecule has 2 heterocycles. The first kappa shape index (κ1) is 34.5. The Labute approximate surface area is 273 Å². The van der Waals surface area contributed by atoms with Gasteiger partial charge in [-0.15, -0.1) is 0 Å². The predicted octanol–water partition coefficient (Wildman–Crippen LogP) is 4.74. The first-order valence-corrected chi connectivity index (χ1v) is 16.2. The van der Waals surface area contributed by atoms with Crippen LogP contribution >= 0.6 is 0 Å². The Hall–Kier alpha value is -4.35. The van der Waals surface area contributed by atoms with Gasteiger partial charge in [-0.3, -0.25) is 15.0 Å². The number of methoxy groups -OCH3 is 1. The lowest BCUT2D eigenvalue weighted by atomic mass is 10.1. The number of benzene rings is 2. The smallest absolute Gasteiger partial charge is 0.274 e. The third kappa shape index (κ3) is 12.6. The molecule has 1 fully saturated rings. The lowest BCUT2D eigenvalue weighted by molar-refractivity contribution is -0.404. The van der Waals surface area contributed by atoms with Crippen LogP contribution in [0, 0.1) is 10.1 Å². The van der Waals surface area contributed by atoms with Gasteiger partial charge in [0.25, 0.3) is 6.20 Å². The van der Waals surface area contributed by atoms with E-state index < -0.39 is 4.92 Å². The third-order valence-corrected chi connectivity index (χ3v) is 7.96. The molecular weight excluding hydrogens is 582 g/mol. The molecule has 0 atom stereocenters. The molecule has 248 valence electrons. The summed E-state index contributed by atoms with van der Waals surface area (Å²) in [5, 5.41) is 17.6. The Morgan fingerprint density at radius 3 is 2.50 bits per heavy atom. The van der Waals surface area contributed by atoms with Gasteiger partial charge in [0.1, 0.15) is 17.3 Å². The summed E-state index contributed by atoms with van der Waals surface area (Å²) in [5.41, 5.74) is 2.44. The number of piperidine rings is 1. The monoisotopic (exact) mass is 631 g/mol. The summed E-state index contributed by atoms with van der Waals surface area (Å²) in [5.74, 6) is 3.01. The number of anilines is 1. The van der Waals surface area contributed by atoms with Crippen molar-refractivity contribution in [1.82, 2.24) is 25.4 Å². The van der Waals surface area contributed by atoms with E-state index in [9.17, 15) is 10.1 Å². The van der Waals surface area contributed by atoms with Crippen LogP contribution in [-0.2, 0) is 13.1 Å². The number of nitrogens with zero attached hydrogens (tertiary/aromatic N) is 5. The maximum atomic E-state index is 11.2. The van der Waals surface area contributed by atoms with Gasteiger partial charge in [-0.2, -0.15) is 0 Å². The average molecular weight is 632 g/mol. The SMILES string of the molecule is COc1ccc(CN(CCN(C)CCNC(=C[N+](=O)[O-])NCCCOc2cccc(CN3CCCCC3)c2)c2ccccn2)cc1. The van der Waals surface area contributed by atoms with Crippen molar-refractivity contribution >= 4 is 5.82 Å². The van der Waals surface area contributed by atoms with Gasteiger partial charge in [-0.1, -0.05) is 36.8 Å². The zero-order valence-corrected chi connectivity index (χ0v) is 27.3. The summed E-state index contributed by atoms with van der Waals surface area (Å²) in [4.78, 5) is 22.3. The van der Waals surface area contributed by atoms with E-state index in [4.69, 9.17) is 9.47 Å². The maximum Gasteiger partial charge on any atom is 0.274 e. The summed E-state index contributed by atoms with van der Waals surface area (Å²) in [6.45, 7) is 7.94. The van der Waals surface area contributed by atoms with Gasteiger partial charge < -0.3 is 29.9 Å². The van der Waals surface area contributed by atoms with Gasteiger partial charge in [-0.25, -0.2) is 4.98 Å². The first-order chi connectivity index (χ1) is 22.5. The van der Waals surface area contributed by atoms with Crippen LogP contribution in [0.1, 0.15) is 36.8 Å². The predicted molar refractivity (Wildman–Crippen MR) is 183 cm³/mol. The van der Waals surface area contributed by atoms with Crippen LogP contribution in [0.15, 0.2) is 84.9 Å². The number of aromatic nitrogens is 1. The van der Waals surface area contributed by atoms with E-state index in [0.29, 0.717) is 38.5 Å². The number of nitro groups is 1. The zero-order valence-electron chi connectivity index (χ0n) is 27.3. The molecule has 11 heteroatoms. The molecule has 0 aliphatic carbocycles. The Kier molecular flexibility index (Phi) is 14.4. The number of nitrogens with one attached hydrogen (secondary N) is 2. The molecule has 11 nitrogen and oxygen atoms in total. The van der Waals surface area contributed by atoms with Crippen LogP contribution in [0.5, 0.6) is 11.5 Å². The van der Waals surface area contributed by atoms with Crippen LogP contribution < -0.4 is 25.0 Å². The summed E-state index contributed by atoms with van der Waals surface area (Å²) < 4.78 is 11.3. The fourth-order valence-corrected chi connectivity index (χ4v) is 5.41. The summed E-state index contributed by atoms with van der Waals surface area (Å²) >= 11 is 0. The zero-order chi connectivity index (χ0) is 32.4. The Balaban J connectivity index is 1.16. The topological polar surface area (TPSA) is 108 Å². The van der Waals surface area contributed by atoms with Crippen molar-refractivity contribution in [1.29, 1.82) is 0 Å². The number of rotatable bonds is 20. The van der Waals surface area contributed by atoms with Crippen molar-refractivity contribution in [2.75, 3.05) is 71.5 Å². The molecule has 1 saturated heterocycles. The van der Waals surface area contributed by atoms with E-state index in [0.717, 1.165) is 62.8 Å². The fraction of sp³-hybridized carbons (Fsp3) is 0.457. The largest absolute Gasteiger partial charge is 0.497 e. The quantitative estimate of drug-likeness (QED) is 0.103. The van der Waals surface area contributed by atoms with Crippen molar-refractivity contribution in [2.45, 2.75) is 38.8 Å². The number of hydrogen-bond donors (Lipinski definition) is 2. The highest BCUT2D eigenvalue weighted by Gasteiger charge is 2.12. The second kappa shape index (κ2) is 19.2. The van der Waals surface area contributed by atoms with Gasteiger partial charge in [0.15, 0.2) is 5.82 Å². The Bertz CT molecular complexity index is 1330. The second-order valence-electron chi connectivity index (χ2n) is 11.6. The highest BCUT2D eigenvalue weighted by atomic mass is 16.6. The van der Waals surface area contributed by atoms with Crippen molar-refractivity contribution in [3.63, 3.8) is 0 Å². The minimum atomic E-state index is -0.437. The van der Waals surface area contributed by atoms with Gasteiger partial charge in [0, 0.05) is 52.0 Å². The number of pyridine rings is 1. The lowest BCUT2D eigenvalue weighted by Crippen LogP contribution is -2.38. The molecule has 0 saturated carbocycles. The second-order valence-corrected chi connectivity index (χ2v) is 11.6. The molecule has 0 amide bonds. The minimum absolute atomic E-state index is 0.400. The molecule has 0 radical (unpaired) electrons. The van der Waals surface area contributed by atoms with E-state index >= 15 is 0 Å². The van der Waals surface area contributed by atoms with Gasteiger partial charge in [0.05, 0.1) is 18.6 Å². The molecule has 1 aliphatic heterocycles. The van der Waals surface area contributed by atoms with Gasteiger partial charge in [0.2, 0.25) is 0 Å². The van der Waals surface area contributed by atoms with Crippen LogP contribution in [0.3, 0.4) is 0 Å². The molecule has 0 spiro atoms. The summed E-state index contributed by atoms with van der Waals surface area (Å²) in [6, 6.07) is 22.3. The molecule has 1 aliphatic rings. The van der Waals surface area contributed by atoms with Crippen LogP contribution in [-0.4, -0.2) is 86.3 Å². The third-order valence-electron chi connectivity index (χ3n) is 7.96. The standard InChI is InChI=1S/C35H49N7O4/c1-39(23-24-41(35-12-4-5-17-38-35)28-30-13-15-32(45-2)16-14-30)22-19-37-34(29-42(43)44)36-18-9-25-46-33-11-8-10-31(26-33)27-40-20-6-3-7-21-40/h4-5,8,10-17,26,29,36-37H,3,6-7,9,18-25,27-28H2,1-2H3. The van der Waals surface area contributed by atoms with Crippen molar-refractivity contribution < 1.29 is 14.4 Å². The minimum Gasteiger partial charge on any atom is -0.497 e. The molecule has 2 N–H and O–H groups in total. The Morgan fingerprint density at radius 1 is 0.957 bits per heavy atom. The number of ether oxygens (including phenoxy) is 2. The Morgan fingerprint density at radius 2 is 1.76 bits per heavy atom. The fourth-order valence-electron chi connectivity index (χ4n) is 5.41. The highest BCUT2D eigenvalue weighted by Crippen LogP contribution is 2.19. The van der Waals surface area contributed by atoms with E-state index in [2.05, 4.69) is 61.6 Å². The van der Waals surface area contributed by atoms with Crippen LogP contribution in [0.2, 0.25) is 0 Å². The van der Waals surface area contributed by atoms with Crippen molar-refractivity contribution in [2.24, 2.45) is 0 Å². The van der Waals surface area contributed by atoms with E-state index in [1.54, 1.807) is 13.3 Å². The molecule has 1 aromatic heterocycles. The number of likely N-dealkylation sites (tertiary alicyclic amines) is 1. The summed E-state index contributed by atoms with van der Waals surface area (Å²) in [6.07, 6.45) is 7.39. The molecule has 3 aromatic rings. The number of hydrogen-bond acceptors (Lipinski definition) is 10. The molecule has 0 bridgehead atoms. The lowest BCUT2D eigenvalue weighted by Gasteiger charge is -2.27. The molecule has 46 heavy (non-hydrogen) atoms. The van der Waals surface area contributed by atoms with Crippen LogP contribution in [0.4, 0.5) is 5.82 Å². The summed E-state index contributed by atoms with van der Waals surface area (Å²) in [7, 11) is 3.72. The first-order valence-electron chi connectivity index (χ1n) is 16.2. The number of likely N-dealkylation sites (N-methyl/N-ethyl adjacent to an activating group) is 1.